The standard InChI is InChI=1S/C21H27N5O2/c27-20-14-17(21(28)23-8-3-10-24-13-9-22-16-24)15-26(20)19-6-4-18(5-7-19)25-11-1-2-12-25/h4-7,9,13,16-17H,1-3,8,10-12,14-15H2,(H,23,28). The third-order valence-corrected chi connectivity index (χ3v) is 5.58. The predicted octanol–water partition coefficient (Wildman–Crippen LogP) is 2.04. The molecule has 7 nitrogen and oxygen atoms in total. The van der Waals surface area contributed by atoms with Crippen LogP contribution in [0.2, 0.25) is 0 Å². The summed E-state index contributed by atoms with van der Waals surface area (Å²) < 4.78 is 1.98. The van der Waals surface area contributed by atoms with Crippen molar-refractivity contribution in [1.82, 2.24) is 14.9 Å². The summed E-state index contributed by atoms with van der Waals surface area (Å²) in [5.41, 5.74) is 2.09. The molecule has 1 unspecified atom stereocenters. The molecule has 1 N–H and O–H groups in total. The van der Waals surface area contributed by atoms with E-state index >= 15 is 0 Å². The molecule has 2 aromatic rings. The molecule has 28 heavy (non-hydrogen) atoms. The van der Waals surface area contributed by atoms with E-state index in [1.54, 1.807) is 17.4 Å². The molecule has 1 aromatic heterocycles. The molecule has 0 saturated carbocycles. The molecule has 4 rings (SSSR count). The van der Waals surface area contributed by atoms with Gasteiger partial charge in [-0.3, -0.25) is 9.59 Å². The first-order chi connectivity index (χ1) is 13.7. The van der Waals surface area contributed by atoms with E-state index in [0.29, 0.717) is 13.1 Å². The second kappa shape index (κ2) is 8.46. The number of anilines is 2. The van der Waals surface area contributed by atoms with Crippen LogP contribution in [0.5, 0.6) is 0 Å². The summed E-state index contributed by atoms with van der Waals surface area (Å²) in [7, 11) is 0. The van der Waals surface area contributed by atoms with Crippen LogP contribution in [0.1, 0.15) is 25.7 Å². The molecule has 1 atom stereocenters. The van der Waals surface area contributed by atoms with E-state index in [1.165, 1.54) is 18.5 Å². The zero-order valence-electron chi connectivity index (χ0n) is 16.1. The molecule has 148 valence electrons. The fourth-order valence-corrected chi connectivity index (χ4v) is 3.99. The first-order valence-corrected chi connectivity index (χ1v) is 10.1. The van der Waals surface area contributed by atoms with E-state index in [-0.39, 0.29) is 24.2 Å². The normalized spacial score (nSPS) is 19.4. The van der Waals surface area contributed by atoms with E-state index in [2.05, 4.69) is 27.3 Å². The van der Waals surface area contributed by atoms with Gasteiger partial charge in [0, 0.05) is 62.9 Å². The number of aryl methyl sites for hydroxylation is 1. The van der Waals surface area contributed by atoms with Gasteiger partial charge in [-0.2, -0.15) is 0 Å². The minimum absolute atomic E-state index is 0.0208. The smallest absolute Gasteiger partial charge is 0.227 e. The van der Waals surface area contributed by atoms with Gasteiger partial charge in [-0.1, -0.05) is 0 Å². The predicted molar refractivity (Wildman–Crippen MR) is 108 cm³/mol. The average molecular weight is 381 g/mol. The van der Waals surface area contributed by atoms with Gasteiger partial charge in [0.1, 0.15) is 0 Å². The van der Waals surface area contributed by atoms with Crippen molar-refractivity contribution in [3.8, 4) is 0 Å². The third kappa shape index (κ3) is 4.18. The van der Waals surface area contributed by atoms with Crippen LogP contribution in [-0.4, -0.2) is 47.5 Å². The van der Waals surface area contributed by atoms with Gasteiger partial charge in [0.2, 0.25) is 11.8 Å². The Hall–Kier alpha value is -2.83. The van der Waals surface area contributed by atoms with E-state index in [1.807, 2.05) is 22.9 Å². The SMILES string of the molecule is O=C(NCCCn1ccnc1)C1CC(=O)N(c2ccc(N3CCCC3)cc2)C1. The highest BCUT2D eigenvalue weighted by atomic mass is 16.2. The highest BCUT2D eigenvalue weighted by molar-refractivity contribution is 6.00. The quantitative estimate of drug-likeness (QED) is 0.745. The summed E-state index contributed by atoms with van der Waals surface area (Å²) in [4.78, 5) is 33.0. The van der Waals surface area contributed by atoms with Crippen LogP contribution in [0.4, 0.5) is 11.4 Å². The molecule has 0 spiro atoms. The van der Waals surface area contributed by atoms with Crippen LogP contribution in [0.3, 0.4) is 0 Å². The molecule has 0 bridgehead atoms. The van der Waals surface area contributed by atoms with Gasteiger partial charge in [0.25, 0.3) is 0 Å². The van der Waals surface area contributed by atoms with Gasteiger partial charge in [-0.05, 0) is 43.5 Å². The maximum atomic E-state index is 12.4. The first kappa shape index (κ1) is 18.5. The van der Waals surface area contributed by atoms with E-state index < -0.39 is 0 Å². The maximum absolute atomic E-state index is 12.4. The summed E-state index contributed by atoms with van der Waals surface area (Å²) in [5.74, 6) is -0.290. The lowest BCUT2D eigenvalue weighted by Crippen LogP contribution is -2.33. The Bertz CT molecular complexity index is 797. The lowest BCUT2D eigenvalue weighted by Gasteiger charge is -2.20. The number of aromatic nitrogens is 2. The summed E-state index contributed by atoms with van der Waals surface area (Å²) >= 11 is 0. The average Bonchev–Trinajstić information content (AvgIpc) is 3.47. The molecule has 2 amide bonds. The number of amides is 2. The molecule has 0 aliphatic carbocycles. The van der Waals surface area contributed by atoms with E-state index in [0.717, 1.165) is 31.7 Å². The zero-order chi connectivity index (χ0) is 19.3. The van der Waals surface area contributed by atoms with E-state index in [9.17, 15) is 9.59 Å². The van der Waals surface area contributed by atoms with Crippen molar-refractivity contribution < 1.29 is 9.59 Å². The Kier molecular flexibility index (Phi) is 5.60. The van der Waals surface area contributed by atoms with Crippen LogP contribution < -0.4 is 15.1 Å². The number of carbonyl (C=O) groups is 2. The van der Waals surface area contributed by atoms with Crippen LogP contribution >= 0.6 is 0 Å². The fraction of sp³-hybridized carbons (Fsp3) is 0.476. The van der Waals surface area contributed by atoms with Gasteiger partial charge in [-0.15, -0.1) is 0 Å². The zero-order valence-corrected chi connectivity index (χ0v) is 16.1. The molecular formula is C21H27N5O2. The lowest BCUT2D eigenvalue weighted by molar-refractivity contribution is -0.126. The number of nitrogens with one attached hydrogen (secondary N) is 1. The Morgan fingerprint density at radius 3 is 2.61 bits per heavy atom. The van der Waals surface area contributed by atoms with Gasteiger partial charge < -0.3 is 19.7 Å². The lowest BCUT2D eigenvalue weighted by atomic mass is 10.1. The number of imidazole rings is 1. The number of nitrogens with zero attached hydrogens (tertiary/aromatic N) is 4. The monoisotopic (exact) mass is 381 g/mol. The minimum atomic E-state index is -0.279. The molecule has 2 aliphatic heterocycles. The van der Waals surface area contributed by atoms with Gasteiger partial charge in [0.15, 0.2) is 0 Å². The van der Waals surface area contributed by atoms with Crippen molar-refractivity contribution in [3.63, 3.8) is 0 Å². The Morgan fingerprint density at radius 2 is 1.89 bits per heavy atom. The number of carbonyl (C=O) groups excluding carboxylic acids is 2. The van der Waals surface area contributed by atoms with Crippen molar-refractivity contribution in [2.24, 2.45) is 5.92 Å². The first-order valence-electron chi connectivity index (χ1n) is 10.1. The largest absolute Gasteiger partial charge is 0.372 e. The second-order valence-corrected chi connectivity index (χ2v) is 7.56. The fourth-order valence-electron chi connectivity index (χ4n) is 3.99. The molecule has 1 aromatic carbocycles. The van der Waals surface area contributed by atoms with Crippen LogP contribution in [0, 0.1) is 5.92 Å². The highest BCUT2D eigenvalue weighted by Crippen LogP contribution is 2.28. The molecule has 2 aliphatic rings. The highest BCUT2D eigenvalue weighted by Gasteiger charge is 2.35. The van der Waals surface area contributed by atoms with Crippen molar-refractivity contribution in [2.75, 3.05) is 36.0 Å². The van der Waals surface area contributed by atoms with Crippen molar-refractivity contribution >= 4 is 23.2 Å². The van der Waals surface area contributed by atoms with Crippen molar-refractivity contribution in [3.05, 3.63) is 43.0 Å². The number of hydrogen-bond donors (Lipinski definition) is 1. The van der Waals surface area contributed by atoms with Gasteiger partial charge in [0.05, 0.1) is 12.2 Å². The Balaban J connectivity index is 1.27. The topological polar surface area (TPSA) is 70.5 Å². The van der Waals surface area contributed by atoms with Crippen molar-refractivity contribution in [1.29, 1.82) is 0 Å². The number of rotatable bonds is 7. The van der Waals surface area contributed by atoms with E-state index in [4.69, 9.17) is 0 Å². The number of hydrogen-bond acceptors (Lipinski definition) is 4. The molecule has 2 saturated heterocycles. The molecule has 7 heteroatoms. The summed E-state index contributed by atoms with van der Waals surface area (Å²) in [6.07, 6.45) is 9.02. The van der Waals surface area contributed by atoms with Gasteiger partial charge >= 0.3 is 0 Å². The Labute approximate surface area is 165 Å². The third-order valence-electron chi connectivity index (χ3n) is 5.58. The van der Waals surface area contributed by atoms with Gasteiger partial charge in [-0.25, -0.2) is 4.98 Å². The molecule has 3 heterocycles. The molecule has 0 radical (unpaired) electrons. The minimum Gasteiger partial charge on any atom is -0.372 e. The molecule has 2 fully saturated rings. The maximum Gasteiger partial charge on any atom is 0.227 e. The number of benzene rings is 1. The van der Waals surface area contributed by atoms with Crippen LogP contribution in [0.15, 0.2) is 43.0 Å². The van der Waals surface area contributed by atoms with Crippen molar-refractivity contribution in [2.45, 2.75) is 32.2 Å². The van der Waals surface area contributed by atoms with Crippen LogP contribution in [0.25, 0.3) is 0 Å². The second-order valence-electron chi connectivity index (χ2n) is 7.56. The summed E-state index contributed by atoms with van der Waals surface area (Å²) in [6, 6.07) is 8.16. The summed E-state index contributed by atoms with van der Waals surface area (Å²) in [6.45, 7) is 4.08. The molecular weight excluding hydrogens is 354 g/mol. The summed E-state index contributed by atoms with van der Waals surface area (Å²) in [5, 5.41) is 2.97. The van der Waals surface area contributed by atoms with Crippen LogP contribution in [-0.2, 0) is 16.1 Å². The Morgan fingerprint density at radius 1 is 1.14 bits per heavy atom.